The summed E-state index contributed by atoms with van der Waals surface area (Å²) in [6.07, 6.45) is 0. The highest BCUT2D eigenvalue weighted by atomic mass is 16.4. The van der Waals surface area contributed by atoms with Crippen molar-refractivity contribution >= 4 is 16.9 Å². The van der Waals surface area contributed by atoms with Crippen LogP contribution in [-0.4, -0.2) is 10.5 Å². The van der Waals surface area contributed by atoms with Crippen molar-refractivity contribution < 1.29 is 9.90 Å². The Labute approximate surface area is 92.3 Å². The molecule has 0 aliphatic carbocycles. The number of rotatable bonds is 2. The number of nitriles is 1. The molecule has 0 saturated carbocycles. The lowest BCUT2D eigenvalue weighted by atomic mass is 10.2. The Morgan fingerprint density at radius 1 is 1.50 bits per heavy atom. The van der Waals surface area contributed by atoms with Crippen LogP contribution in [0.3, 0.4) is 0 Å². The van der Waals surface area contributed by atoms with Gasteiger partial charge in [0.05, 0.1) is 24.1 Å². The minimum atomic E-state index is -1.12. The van der Waals surface area contributed by atoms with Gasteiger partial charge in [-0.05, 0) is 31.2 Å². The molecule has 0 spiro atoms. The van der Waals surface area contributed by atoms with Crippen LogP contribution in [0.2, 0.25) is 0 Å². The summed E-state index contributed by atoms with van der Waals surface area (Å²) in [4.78, 5) is 10.6. The Morgan fingerprint density at radius 3 is 2.88 bits per heavy atom. The van der Waals surface area contributed by atoms with Gasteiger partial charge in [-0.1, -0.05) is 0 Å². The highest BCUT2D eigenvalue weighted by Crippen LogP contribution is 2.20. The van der Waals surface area contributed by atoms with E-state index in [9.17, 15) is 9.90 Å². The van der Waals surface area contributed by atoms with E-state index in [1.165, 1.54) is 0 Å². The molecular weight excluding hydrogens is 204 g/mol. The van der Waals surface area contributed by atoms with Gasteiger partial charge in [0.25, 0.3) is 0 Å². The Morgan fingerprint density at radius 2 is 2.25 bits per heavy atom. The van der Waals surface area contributed by atoms with Crippen LogP contribution in [-0.2, 0) is 11.3 Å². The van der Waals surface area contributed by atoms with E-state index < -0.39 is 5.97 Å². The number of carboxylic acid groups (broad SMARTS) is 1. The van der Waals surface area contributed by atoms with Gasteiger partial charge < -0.3 is 14.5 Å². The Kier molecular flexibility index (Phi) is 2.37. The van der Waals surface area contributed by atoms with Gasteiger partial charge in [-0.15, -0.1) is 0 Å². The monoisotopic (exact) mass is 213 g/mol. The number of carbonyl (C=O) groups excluding carboxylic acids is 1. The van der Waals surface area contributed by atoms with E-state index in [1.54, 1.807) is 22.8 Å². The molecule has 0 aliphatic rings. The normalized spacial score (nSPS) is 10.2. The quantitative estimate of drug-likeness (QED) is 0.732. The van der Waals surface area contributed by atoms with Gasteiger partial charge >= 0.3 is 0 Å². The van der Waals surface area contributed by atoms with Gasteiger partial charge in [-0.2, -0.15) is 5.26 Å². The van der Waals surface area contributed by atoms with E-state index in [-0.39, 0.29) is 6.54 Å². The van der Waals surface area contributed by atoms with E-state index in [0.29, 0.717) is 5.56 Å². The van der Waals surface area contributed by atoms with Crippen molar-refractivity contribution in [2.24, 2.45) is 0 Å². The van der Waals surface area contributed by atoms with Crippen LogP contribution >= 0.6 is 0 Å². The van der Waals surface area contributed by atoms with Gasteiger partial charge in [-0.25, -0.2) is 0 Å². The van der Waals surface area contributed by atoms with Crippen molar-refractivity contribution in [1.82, 2.24) is 4.57 Å². The predicted molar refractivity (Wildman–Crippen MR) is 56.4 cm³/mol. The number of aryl methyl sites for hydroxylation is 1. The van der Waals surface area contributed by atoms with Crippen molar-refractivity contribution in [3.05, 3.63) is 35.5 Å². The number of hydrogen-bond acceptors (Lipinski definition) is 3. The van der Waals surface area contributed by atoms with Crippen molar-refractivity contribution in [2.45, 2.75) is 13.5 Å². The van der Waals surface area contributed by atoms with Gasteiger partial charge in [0.2, 0.25) is 0 Å². The summed E-state index contributed by atoms with van der Waals surface area (Å²) in [6, 6.07) is 9.08. The summed E-state index contributed by atoms with van der Waals surface area (Å²) in [6.45, 7) is 1.66. The summed E-state index contributed by atoms with van der Waals surface area (Å²) >= 11 is 0. The number of hydrogen-bond donors (Lipinski definition) is 0. The average Bonchev–Trinajstić information content (AvgIpc) is 2.54. The van der Waals surface area contributed by atoms with Gasteiger partial charge in [0, 0.05) is 16.6 Å². The van der Waals surface area contributed by atoms with Crippen LogP contribution in [0.15, 0.2) is 24.3 Å². The van der Waals surface area contributed by atoms with E-state index in [2.05, 4.69) is 6.07 Å². The molecule has 4 nitrogen and oxygen atoms in total. The molecule has 0 N–H and O–H groups in total. The fourth-order valence-corrected chi connectivity index (χ4v) is 1.82. The molecule has 0 amide bonds. The molecule has 0 radical (unpaired) electrons. The van der Waals surface area contributed by atoms with Gasteiger partial charge in [-0.3, -0.25) is 0 Å². The Bertz CT molecular complexity index is 605. The largest absolute Gasteiger partial charge is 0.548 e. The molecule has 0 fully saturated rings. The minimum absolute atomic E-state index is 0.165. The fourth-order valence-electron chi connectivity index (χ4n) is 1.82. The van der Waals surface area contributed by atoms with Gasteiger partial charge in [0.15, 0.2) is 0 Å². The third-order valence-electron chi connectivity index (χ3n) is 2.52. The smallest absolute Gasteiger partial charge is 0.0991 e. The Hall–Kier alpha value is -2.28. The Balaban J connectivity index is 2.63. The van der Waals surface area contributed by atoms with E-state index >= 15 is 0 Å². The summed E-state index contributed by atoms with van der Waals surface area (Å²) in [5.41, 5.74) is 2.22. The molecule has 2 rings (SSSR count). The number of nitrogens with zero attached hydrogens (tertiary/aromatic N) is 2. The maximum Gasteiger partial charge on any atom is 0.0991 e. The minimum Gasteiger partial charge on any atom is -0.548 e. The van der Waals surface area contributed by atoms with Crippen molar-refractivity contribution in [3.63, 3.8) is 0 Å². The number of carboxylic acids is 1. The number of fused-ring (bicyclic) bond motifs is 1. The highest BCUT2D eigenvalue weighted by Gasteiger charge is 2.06. The molecule has 1 aromatic carbocycles. The maximum absolute atomic E-state index is 10.6. The van der Waals surface area contributed by atoms with Crippen LogP contribution in [0.4, 0.5) is 0 Å². The van der Waals surface area contributed by atoms with Crippen LogP contribution in [0.5, 0.6) is 0 Å². The molecule has 0 atom stereocenters. The number of aromatic nitrogens is 1. The first-order chi connectivity index (χ1) is 7.61. The summed E-state index contributed by atoms with van der Waals surface area (Å²) < 4.78 is 1.66. The first-order valence-electron chi connectivity index (χ1n) is 4.81. The number of benzene rings is 1. The molecular formula is C12H9N2O2-. The third-order valence-corrected chi connectivity index (χ3v) is 2.52. The van der Waals surface area contributed by atoms with Crippen molar-refractivity contribution in [3.8, 4) is 6.07 Å². The first-order valence-corrected chi connectivity index (χ1v) is 4.81. The first kappa shape index (κ1) is 10.2. The third kappa shape index (κ3) is 1.63. The van der Waals surface area contributed by atoms with E-state index in [1.807, 2.05) is 13.0 Å². The lowest BCUT2D eigenvalue weighted by Crippen LogP contribution is -2.27. The zero-order chi connectivity index (χ0) is 11.7. The SMILES string of the molecule is Cc1cc2cc(C#N)ccc2n1CC(=O)[O-]. The van der Waals surface area contributed by atoms with Crippen LogP contribution in [0, 0.1) is 18.3 Å². The number of carbonyl (C=O) groups is 1. The topological polar surface area (TPSA) is 68.8 Å². The fraction of sp³-hybridized carbons (Fsp3) is 0.167. The molecule has 1 heterocycles. The van der Waals surface area contributed by atoms with Gasteiger partial charge in [0.1, 0.15) is 0 Å². The number of aliphatic carboxylic acids is 1. The molecule has 2 aromatic rings. The summed E-state index contributed by atoms with van der Waals surface area (Å²) in [5.74, 6) is -1.12. The molecule has 4 heteroatoms. The van der Waals surface area contributed by atoms with E-state index in [0.717, 1.165) is 16.6 Å². The second-order valence-corrected chi connectivity index (χ2v) is 3.63. The molecule has 0 bridgehead atoms. The standard InChI is InChI=1S/C12H10N2O2/c1-8-4-10-5-9(6-13)2-3-11(10)14(8)7-12(15)16/h2-5H,7H2,1H3,(H,15,16)/p-1. The second-order valence-electron chi connectivity index (χ2n) is 3.63. The average molecular weight is 213 g/mol. The maximum atomic E-state index is 10.6. The molecule has 16 heavy (non-hydrogen) atoms. The highest BCUT2D eigenvalue weighted by molar-refractivity contribution is 5.84. The lowest BCUT2D eigenvalue weighted by Gasteiger charge is -2.08. The lowest BCUT2D eigenvalue weighted by molar-refractivity contribution is -0.306. The molecule has 80 valence electrons. The van der Waals surface area contributed by atoms with Crippen LogP contribution in [0.1, 0.15) is 11.3 Å². The van der Waals surface area contributed by atoms with E-state index in [4.69, 9.17) is 5.26 Å². The zero-order valence-corrected chi connectivity index (χ0v) is 8.73. The van der Waals surface area contributed by atoms with Crippen molar-refractivity contribution in [2.75, 3.05) is 0 Å². The predicted octanol–water partition coefficient (Wildman–Crippen LogP) is 0.571. The summed E-state index contributed by atoms with van der Waals surface area (Å²) in [5, 5.41) is 20.2. The summed E-state index contributed by atoms with van der Waals surface area (Å²) in [7, 11) is 0. The molecule has 0 saturated heterocycles. The zero-order valence-electron chi connectivity index (χ0n) is 8.73. The van der Waals surface area contributed by atoms with Crippen LogP contribution in [0.25, 0.3) is 10.9 Å². The molecule has 0 aliphatic heterocycles. The molecule has 1 aromatic heterocycles. The van der Waals surface area contributed by atoms with Crippen molar-refractivity contribution in [1.29, 1.82) is 5.26 Å². The molecule has 0 unspecified atom stereocenters. The second kappa shape index (κ2) is 3.70. The van der Waals surface area contributed by atoms with Crippen LogP contribution < -0.4 is 5.11 Å².